The van der Waals surface area contributed by atoms with Crippen molar-refractivity contribution >= 4 is 17.7 Å². The van der Waals surface area contributed by atoms with Gasteiger partial charge in [0.25, 0.3) is 11.1 Å². The van der Waals surface area contributed by atoms with E-state index in [-0.39, 0.29) is 5.91 Å². The summed E-state index contributed by atoms with van der Waals surface area (Å²) in [4.78, 5) is 14.3. The molecule has 1 atom stereocenters. The lowest BCUT2D eigenvalue weighted by atomic mass is 10.0. The Bertz CT molecular complexity index is 765. The van der Waals surface area contributed by atoms with Crippen LogP contribution in [0.3, 0.4) is 0 Å². The molecule has 0 aliphatic carbocycles. The fraction of sp³-hybridized carbons (Fsp3) is 0.500. The van der Waals surface area contributed by atoms with Crippen LogP contribution in [0.4, 0.5) is 0 Å². The molecule has 2 heterocycles. The van der Waals surface area contributed by atoms with Gasteiger partial charge >= 0.3 is 0 Å². The highest BCUT2D eigenvalue weighted by Gasteiger charge is 2.22. The van der Waals surface area contributed by atoms with Gasteiger partial charge in [0.15, 0.2) is 0 Å². The molecule has 2 aromatic rings. The molecule has 7 nitrogen and oxygen atoms in total. The van der Waals surface area contributed by atoms with E-state index in [1.54, 1.807) is 32.4 Å². The second-order valence-electron chi connectivity index (χ2n) is 6.32. The zero-order chi connectivity index (χ0) is 18.5. The molecule has 0 spiro atoms. The van der Waals surface area contributed by atoms with Crippen LogP contribution in [0.15, 0.2) is 27.8 Å². The van der Waals surface area contributed by atoms with Crippen LogP contribution in [0, 0.1) is 5.92 Å². The number of thioether (sulfide) groups is 1. The average Bonchev–Trinajstić information content (AvgIpc) is 3.14. The number of ether oxygens (including phenoxy) is 2. The third-order valence-corrected chi connectivity index (χ3v) is 5.18. The molecule has 1 aliphatic rings. The Morgan fingerprint density at radius 1 is 1.35 bits per heavy atom. The van der Waals surface area contributed by atoms with Crippen LogP contribution in [0.25, 0.3) is 11.5 Å². The minimum absolute atomic E-state index is 0.111. The first-order chi connectivity index (χ1) is 12.6. The zero-order valence-corrected chi connectivity index (χ0v) is 16.0. The normalized spacial score (nSPS) is 17.2. The molecule has 0 radical (unpaired) electrons. The Morgan fingerprint density at radius 2 is 2.19 bits per heavy atom. The summed E-state index contributed by atoms with van der Waals surface area (Å²) >= 11 is 1.26. The van der Waals surface area contributed by atoms with Crippen molar-refractivity contribution in [2.75, 3.05) is 33.1 Å². The smallest absolute Gasteiger partial charge is 0.277 e. The fourth-order valence-corrected chi connectivity index (χ4v) is 3.65. The highest BCUT2D eigenvalue weighted by molar-refractivity contribution is 7.99. The second kappa shape index (κ2) is 8.44. The van der Waals surface area contributed by atoms with E-state index in [0.29, 0.717) is 39.8 Å². The Labute approximate surface area is 157 Å². The van der Waals surface area contributed by atoms with Crippen molar-refractivity contribution in [3.8, 4) is 23.0 Å². The Kier molecular flexibility index (Phi) is 6.03. The van der Waals surface area contributed by atoms with Crippen LogP contribution in [0.1, 0.15) is 19.8 Å². The van der Waals surface area contributed by atoms with Gasteiger partial charge in [0.05, 0.1) is 25.5 Å². The SMILES string of the molecule is COc1ccc(OC)c(-c2nnc(SCC(=O)N3CCCC(C)C3)o2)c1. The Hall–Kier alpha value is -2.22. The summed E-state index contributed by atoms with van der Waals surface area (Å²) in [5.41, 5.74) is 0.655. The van der Waals surface area contributed by atoms with Crippen molar-refractivity contribution in [1.29, 1.82) is 0 Å². The number of rotatable bonds is 6. The summed E-state index contributed by atoms with van der Waals surface area (Å²) in [6.07, 6.45) is 2.25. The van der Waals surface area contributed by atoms with Gasteiger partial charge in [-0.15, -0.1) is 10.2 Å². The number of benzene rings is 1. The number of aromatic nitrogens is 2. The summed E-state index contributed by atoms with van der Waals surface area (Å²) in [5.74, 6) is 2.59. The van der Waals surface area contributed by atoms with Gasteiger partial charge in [0, 0.05) is 13.1 Å². The Morgan fingerprint density at radius 3 is 2.92 bits per heavy atom. The molecule has 1 aliphatic heterocycles. The molecular formula is C18H23N3O4S. The molecule has 26 heavy (non-hydrogen) atoms. The van der Waals surface area contributed by atoms with E-state index in [0.717, 1.165) is 19.5 Å². The van der Waals surface area contributed by atoms with Crippen LogP contribution < -0.4 is 9.47 Å². The maximum Gasteiger partial charge on any atom is 0.277 e. The monoisotopic (exact) mass is 377 g/mol. The molecule has 1 amide bonds. The summed E-state index contributed by atoms with van der Waals surface area (Å²) in [7, 11) is 3.17. The molecule has 3 rings (SSSR count). The number of hydrogen-bond acceptors (Lipinski definition) is 7. The highest BCUT2D eigenvalue weighted by Crippen LogP contribution is 2.33. The molecule has 1 aromatic heterocycles. The predicted molar refractivity (Wildman–Crippen MR) is 98.5 cm³/mol. The van der Waals surface area contributed by atoms with Crippen molar-refractivity contribution in [2.24, 2.45) is 5.92 Å². The predicted octanol–water partition coefficient (Wildman–Crippen LogP) is 3.10. The lowest BCUT2D eigenvalue weighted by molar-refractivity contribution is -0.130. The van der Waals surface area contributed by atoms with Gasteiger partial charge in [-0.2, -0.15) is 0 Å². The topological polar surface area (TPSA) is 77.7 Å². The van der Waals surface area contributed by atoms with Crippen molar-refractivity contribution < 1.29 is 18.7 Å². The molecule has 1 aromatic carbocycles. The zero-order valence-electron chi connectivity index (χ0n) is 15.2. The minimum Gasteiger partial charge on any atom is -0.497 e. The number of carbonyl (C=O) groups is 1. The van der Waals surface area contributed by atoms with E-state index < -0.39 is 0 Å². The minimum atomic E-state index is 0.111. The fourth-order valence-electron chi connectivity index (χ4n) is 2.99. The van der Waals surface area contributed by atoms with Gasteiger partial charge in [-0.1, -0.05) is 18.7 Å². The first-order valence-corrected chi connectivity index (χ1v) is 9.55. The number of piperidine rings is 1. The molecule has 0 N–H and O–H groups in total. The first-order valence-electron chi connectivity index (χ1n) is 8.57. The van der Waals surface area contributed by atoms with E-state index >= 15 is 0 Å². The number of hydrogen-bond donors (Lipinski definition) is 0. The van der Waals surface area contributed by atoms with Crippen LogP contribution in [-0.4, -0.2) is 54.1 Å². The summed E-state index contributed by atoms with van der Waals surface area (Å²) in [6, 6.07) is 5.36. The average molecular weight is 377 g/mol. The molecule has 140 valence electrons. The quantitative estimate of drug-likeness (QED) is 0.716. The largest absolute Gasteiger partial charge is 0.497 e. The number of carbonyl (C=O) groups excluding carboxylic acids is 1. The second-order valence-corrected chi connectivity index (χ2v) is 7.24. The van der Waals surface area contributed by atoms with Gasteiger partial charge in [0.1, 0.15) is 11.5 Å². The summed E-state index contributed by atoms with van der Waals surface area (Å²) < 4.78 is 16.3. The molecule has 0 bridgehead atoms. The van der Waals surface area contributed by atoms with E-state index in [1.807, 2.05) is 4.90 Å². The van der Waals surface area contributed by atoms with Gasteiger partial charge in [0.2, 0.25) is 5.91 Å². The molecular weight excluding hydrogens is 354 g/mol. The van der Waals surface area contributed by atoms with Crippen LogP contribution in [0.5, 0.6) is 11.5 Å². The molecule has 1 fully saturated rings. The maximum atomic E-state index is 12.4. The number of likely N-dealkylation sites (tertiary alicyclic amines) is 1. The van der Waals surface area contributed by atoms with Crippen LogP contribution >= 0.6 is 11.8 Å². The molecule has 1 saturated heterocycles. The van der Waals surface area contributed by atoms with E-state index in [4.69, 9.17) is 13.9 Å². The lowest BCUT2D eigenvalue weighted by Crippen LogP contribution is -2.40. The summed E-state index contributed by atoms with van der Waals surface area (Å²) in [5, 5.41) is 8.47. The van der Waals surface area contributed by atoms with Gasteiger partial charge in [-0.25, -0.2) is 0 Å². The van der Waals surface area contributed by atoms with Crippen molar-refractivity contribution in [2.45, 2.75) is 25.0 Å². The van der Waals surface area contributed by atoms with Gasteiger partial charge in [-0.3, -0.25) is 4.79 Å². The van der Waals surface area contributed by atoms with Crippen molar-refractivity contribution in [3.63, 3.8) is 0 Å². The summed E-state index contributed by atoms with van der Waals surface area (Å²) in [6.45, 7) is 3.84. The standard InChI is InChI=1S/C18H23N3O4S/c1-12-5-4-8-21(10-12)16(22)11-26-18-20-19-17(25-18)14-9-13(23-2)6-7-15(14)24-3/h6-7,9,12H,4-5,8,10-11H2,1-3H3. The maximum absolute atomic E-state index is 12.4. The van der Waals surface area contributed by atoms with E-state index in [2.05, 4.69) is 17.1 Å². The van der Waals surface area contributed by atoms with Crippen LogP contribution in [-0.2, 0) is 4.79 Å². The molecule has 8 heteroatoms. The molecule has 0 saturated carbocycles. The lowest BCUT2D eigenvalue weighted by Gasteiger charge is -2.30. The third kappa shape index (κ3) is 4.30. The third-order valence-electron chi connectivity index (χ3n) is 4.37. The first kappa shape index (κ1) is 18.6. The van der Waals surface area contributed by atoms with Crippen molar-refractivity contribution in [1.82, 2.24) is 15.1 Å². The van der Waals surface area contributed by atoms with Gasteiger partial charge < -0.3 is 18.8 Å². The van der Waals surface area contributed by atoms with Crippen molar-refractivity contribution in [3.05, 3.63) is 18.2 Å². The number of nitrogens with zero attached hydrogens (tertiary/aromatic N) is 3. The number of methoxy groups -OCH3 is 2. The van der Waals surface area contributed by atoms with Gasteiger partial charge in [-0.05, 0) is 37.0 Å². The number of amides is 1. The molecule has 1 unspecified atom stereocenters. The Balaban J connectivity index is 1.66. The van der Waals surface area contributed by atoms with E-state index in [1.165, 1.54) is 18.2 Å². The van der Waals surface area contributed by atoms with Crippen LogP contribution in [0.2, 0.25) is 0 Å². The highest BCUT2D eigenvalue weighted by atomic mass is 32.2. The van der Waals surface area contributed by atoms with E-state index in [9.17, 15) is 4.79 Å².